The summed E-state index contributed by atoms with van der Waals surface area (Å²) in [6.07, 6.45) is 1.86. The molecule has 0 bridgehead atoms. The van der Waals surface area contributed by atoms with Crippen molar-refractivity contribution in [1.82, 2.24) is 4.90 Å². The van der Waals surface area contributed by atoms with Crippen LogP contribution in [0, 0.1) is 0 Å². The summed E-state index contributed by atoms with van der Waals surface area (Å²) in [5.74, 6) is -0.965. The fraction of sp³-hybridized carbons (Fsp3) is 0.818. The van der Waals surface area contributed by atoms with Crippen molar-refractivity contribution in [2.75, 3.05) is 12.8 Å². The predicted molar refractivity (Wildman–Crippen MR) is 66.3 cm³/mol. The molecule has 5 nitrogen and oxygen atoms in total. The molecule has 1 amide bonds. The lowest BCUT2D eigenvalue weighted by Gasteiger charge is -2.26. The van der Waals surface area contributed by atoms with Crippen LogP contribution in [0.1, 0.15) is 27.2 Å². The minimum Gasteiger partial charge on any atom is -0.480 e. The molecule has 0 saturated carbocycles. The molecule has 1 fully saturated rings. The highest BCUT2D eigenvalue weighted by molar-refractivity contribution is 7.99. The van der Waals surface area contributed by atoms with Crippen LogP contribution in [0.5, 0.6) is 0 Å². The highest BCUT2D eigenvalue weighted by Gasteiger charge is 2.41. The molecule has 6 heteroatoms. The Labute approximate surface area is 105 Å². The van der Waals surface area contributed by atoms with E-state index in [1.807, 2.05) is 6.26 Å². The van der Waals surface area contributed by atoms with E-state index in [9.17, 15) is 9.59 Å². The number of carbonyl (C=O) groups excluding carboxylic acids is 1. The Morgan fingerprint density at radius 1 is 1.41 bits per heavy atom. The van der Waals surface area contributed by atoms with E-state index < -0.39 is 23.7 Å². The zero-order valence-corrected chi connectivity index (χ0v) is 11.4. The van der Waals surface area contributed by atoms with Gasteiger partial charge in [0.1, 0.15) is 11.6 Å². The molecule has 98 valence electrons. The maximum atomic E-state index is 11.9. The summed E-state index contributed by atoms with van der Waals surface area (Å²) in [4.78, 5) is 24.3. The van der Waals surface area contributed by atoms with Gasteiger partial charge in [0.2, 0.25) is 0 Å². The monoisotopic (exact) mass is 261 g/mol. The molecule has 0 radical (unpaired) electrons. The van der Waals surface area contributed by atoms with Gasteiger partial charge >= 0.3 is 12.1 Å². The highest BCUT2D eigenvalue weighted by Crippen LogP contribution is 2.27. The fourth-order valence-corrected chi connectivity index (χ4v) is 2.41. The first-order chi connectivity index (χ1) is 7.74. The van der Waals surface area contributed by atoms with E-state index >= 15 is 0 Å². The molecule has 1 N–H and O–H groups in total. The number of thioether (sulfide) groups is 1. The molecule has 0 aliphatic carbocycles. The van der Waals surface area contributed by atoms with Crippen molar-refractivity contribution in [2.24, 2.45) is 0 Å². The van der Waals surface area contributed by atoms with Crippen LogP contribution in [0.15, 0.2) is 0 Å². The Balaban J connectivity index is 2.73. The average molecular weight is 261 g/mol. The molecular weight excluding hydrogens is 242 g/mol. The van der Waals surface area contributed by atoms with E-state index in [1.54, 1.807) is 32.5 Å². The number of hydrogen-bond donors (Lipinski definition) is 1. The van der Waals surface area contributed by atoms with Crippen molar-refractivity contribution in [1.29, 1.82) is 0 Å². The lowest BCUT2D eigenvalue weighted by Crippen LogP contribution is -2.43. The number of amides is 1. The summed E-state index contributed by atoms with van der Waals surface area (Å²) >= 11 is 1.58. The Kier molecular flexibility index (Phi) is 4.30. The molecule has 0 aromatic carbocycles. The SMILES string of the molecule is CS[C@@H]1C[C@H](C(=O)O)N(C(=O)OC(C)(C)C)C1. The van der Waals surface area contributed by atoms with E-state index in [0.29, 0.717) is 13.0 Å². The Morgan fingerprint density at radius 2 is 2.00 bits per heavy atom. The largest absolute Gasteiger partial charge is 0.480 e. The number of nitrogens with zero attached hydrogens (tertiary/aromatic N) is 1. The van der Waals surface area contributed by atoms with Crippen LogP contribution in [-0.2, 0) is 9.53 Å². The second-order valence-electron chi connectivity index (χ2n) is 5.08. The zero-order chi connectivity index (χ0) is 13.2. The van der Waals surface area contributed by atoms with E-state index in [0.717, 1.165) is 0 Å². The number of rotatable bonds is 2. The summed E-state index contributed by atoms with van der Waals surface area (Å²) in [6, 6.07) is -0.762. The lowest BCUT2D eigenvalue weighted by molar-refractivity contribution is -0.142. The van der Waals surface area contributed by atoms with Crippen molar-refractivity contribution < 1.29 is 19.4 Å². The Bertz CT molecular complexity index is 313. The van der Waals surface area contributed by atoms with Crippen molar-refractivity contribution in [2.45, 2.75) is 44.1 Å². The minimum absolute atomic E-state index is 0.170. The van der Waals surface area contributed by atoms with Crippen molar-refractivity contribution in [3.8, 4) is 0 Å². The molecule has 0 spiro atoms. The van der Waals surface area contributed by atoms with Crippen LogP contribution < -0.4 is 0 Å². The first kappa shape index (κ1) is 14.2. The van der Waals surface area contributed by atoms with Crippen LogP contribution in [0.4, 0.5) is 4.79 Å². The molecule has 1 aliphatic heterocycles. The first-order valence-electron chi connectivity index (χ1n) is 5.50. The molecule has 1 heterocycles. The number of carboxylic acid groups (broad SMARTS) is 1. The van der Waals surface area contributed by atoms with Crippen LogP contribution in [0.3, 0.4) is 0 Å². The third-order valence-corrected chi connectivity index (χ3v) is 3.52. The average Bonchev–Trinajstić information content (AvgIpc) is 2.58. The van der Waals surface area contributed by atoms with Gasteiger partial charge in [-0.05, 0) is 33.4 Å². The van der Waals surface area contributed by atoms with Gasteiger partial charge in [-0.2, -0.15) is 11.8 Å². The number of carboxylic acids is 1. The van der Waals surface area contributed by atoms with Gasteiger partial charge in [-0.3, -0.25) is 4.90 Å². The van der Waals surface area contributed by atoms with Crippen LogP contribution in [0.25, 0.3) is 0 Å². The second-order valence-corrected chi connectivity index (χ2v) is 6.22. The van der Waals surface area contributed by atoms with Gasteiger partial charge in [0.25, 0.3) is 0 Å². The van der Waals surface area contributed by atoms with Gasteiger partial charge in [-0.25, -0.2) is 9.59 Å². The van der Waals surface area contributed by atoms with Crippen LogP contribution in [-0.4, -0.2) is 51.8 Å². The topological polar surface area (TPSA) is 66.8 Å². The standard InChI is InChI=1S/C11H19NO4S/c1-11(2,3)16-10(15)12-6-7(17-4)5-8(12)9(13)14/h7-8H,5-6H2,1-4H3,(H,13,14)/t7-,8-/m1/s1. The lowest BCUT2D eigenvalue weighted by atomic mass is 10.2. The summed E-state index contributed by atoms with van der Waals surface area (Å²) < 4.78 is 5.21. The quantitative estimate of drug-likeness (QED) is 0.821. The molecule has 0 aromatic rings. The zero-order valence-electron chi connectivity index (χ0n) is 10.6. The predicted octanol–water partition coefficient (Wildman–Crippen LogP) is 1.81. The highest BCUT2D eigenvalue weighted by atomic mass is 32.2. The summed E-state index contributed by atoms with van der Waals surface area (Å²) in [7, 11) is 0. The van der Waals surface area contributed by atoms with Crippen molar-refractivity contribution in [3.05, 3.63) is 0 Å². The maximum absolute atomic E-state index is 11.9. The molecule has 0 unspecified atom stereocenters. The fourth-order valence-electron chi connectivity index (χ4n) is 1.72. The molecule has 1 aliphatic rings. The molecule has 1 rings (SSSR count). The number of likely N-dealkylation sites (tertiary alicyclic amines) is 1. The minimum atomic E-state index is -0.965. The van der Waals surface area contributed by atoms with Gasteiger partial charge in [0, 0.05) is 11.8 Å². The van der Waals surface area contributed by atoms with Gasteiger partial charge < -0.3 is 9.84 Å². The van der Waals surface area contributed by atoms with E-state index in [4.69, 9.17) is 9.84 Å². The normalized spacial score (nSPS) is 24.8. The Hall–Kier alpha value is -0.910. The summed E-state index contributed by atoms with van der Waals surface area (Å²) in [5.41, 5.74) is -0.600. The summed E-state index contributed by atoms with van der Waals surface area (Å²) in [5, 5.41) is 9.26. The van der Waals surface area contributed by atoms with E-state index in [2.05, 4.69) is 0 Å². The smallest absolute Gasteiger partial charge is 0.411 e. The van der Waals surface area contributed by atoms with Gasteiger partial charge in [-0.15, -0.1) is 0 Å². The molecule has 1 saturated heterocycles. The summed E-state index contributed by atoms with van der Waals surface area (Å²) in [6.45, 7) is 5.74. The van der Waals surface area contributed by atoms with Gasteiger partial charge in [-0.1, -0.05) is 0 Å². The number of ether oxygens (including phenoxy) is 1. The first-order valence-corrected chi connectivity index (χ1v) is 6.78. The van der Waals surface area contributed by atoms with Gasteiger partial charge in [0.15, 0.2) is 0 Å². The van der Waals surface area contributed by atoms with Crippen molar-refractivity contribution >= 4 is 23.8 Å². The third kappa shape index (κ3) is 3.80. The Morgan fingerprint density at radius 3 is 2.41 bits per heavy atom. The van der Waals surface area contributed by atoms with Crippen molar-refractivity contribution in [3.63, 3.8) is 0 Å². The molecule has 17 heavy (non-hydrogen) atoms. The molecule has 0 aromatic heterocycles. The number of hydrogen-bond acceptors (Lipinski definition) is 4. The van der Waals surface area contributed by atoms with E-state index in [1.165, 1.54) is 4.90 Å². The van der Waals surface area contributed by atoms with Gasteiger partial charge in [0.05, 0.1) is 0 Å². The third-order valence-electron chi connectivity index (χ3n) is 2.51. The van der Waals surface area contributed by atoms with Crippen LogP contribution in [0.2, 0.25) is 0 Å². The number of carbonyl (C=O) groups is 2. The molecule has 2 atom stereocenters. The maximum Gasteiger partial charge on any atom is 0.411 e. The molecular formula is C11H19NO4S. The number of aliphatic carboxylic acids is 1. The van der Waals surface area contributed by atoms with E-state index in [-0.39, 0.29) is 5.25 Å². The van der Waals surface area contributed by atoms with Crippen LogP contribution >= 0.6 is 11.8 Å². The second kappa shape index (κ2) is 5.16.